The maximum absolute atomic E-state index is 5.70. The van der Waals surface area contributed by atoms with Crippen LogP contribution < -0.4 is 16.0 Å². The Kier molecular flexibility index (Phi) is 5.59. The van der Waals surface area contributed by atoms with Crippen molar-refractivity contribution in [1.29, 1.82) is 0 Å². The summed E-state index contributed by atoms with van der Waals surface area (Å²) in [4.78, 5) is 0. The van der Waals surface area contributed by atoms with Gasteiger partial charge < -0.3 is 9.47 Å². The summed E-state index contributed by atoms with van der Waals surface area (Å²) in [5.74, 6) is 6.55. The lowest BCUT2D eigenvalue weighted by Gasteiger charge is -2.35. The van der Waals surface area contributed by atoms with E-state index >= 15 is 0 Å². The first-order valence-corrected chi connectivity index (χ1v) is 6.35. The van der Waals surface area contributed by atoms with Crippen LogP contribution in [-0.4, -0.2) is 19.3 Å². The summed E-state index contributed by atoms with van der Waals surface area (Å²) >= 11 is 0. The van der Waals surface area contributed by atoms with Crippen LogP contribution in [0.1, 0.15) is 38.8 Å². The minimum Gasteiger partial charge on any atom is -0.494 e. The second-order valence-corrected chi connectivity index (χ2v) is 4.48. The number of nitrogens with two attached hydrogens (primary N) is 1. The van der Waals surface area contributed by atoms with Gasteiger partial charge in [0.2, 0.25) is 0 Å². The minimum atomic E-state index is -0.348. The van der Waals surface area contributed by atoms with E-state index in [1.165, 1.54) is 0 Å². The molecule has 0 spiro atoms. The molecule has 0 heterocycles. The smallest absolute Gasteiger partial charge is 0.119 e. The fourth-order valence-electron chi connectivity index (χ4n) is 2.04. The Labute approximate surface area is 109 Å². The molecule has 2 atom stereocenters. The number of hydrogen-bond acceptors (Lipinski definition) is 4. The molecule has 1 aromatic carbocycles. The number of hydrogen-bond donors (Lipinski definition) is 2. The summed E-state index contributed by atoms with van der Waals surface area (Å²) in [7, 11) is 1.71. The molecule has 0 bridgehead atoms. The first kappa shape index (κ1) is 15.0. The van der Waals surface area contributed by atoms with Gasteiger partial charge in [0.15, 0.2) is 0 Å². The average molecular weight is 252 g/mol. The largest absolute Gasteiger partial charge is 0.494 e. The zero-order valence-electron chi connectivity index (χ0n) is 11.7. The van der Waals surface area contributed by atoms with Crippen molar-refractivity contribution in [3.05, 3.63) is 29.8 Å². The Morgan fingerprint density at radius 3 is 2.61 bits per heavy atom. The van der Waals surface area contributed by atoms with Crippen molar-refractivity contribution >= 4 is 0 Å². The second kappa shape index (κ2) is 6.73. The van der Waals surface area contributed by atoms with E-state index in [0.717, 1.165) is 17.7 Å². The van der Waals surface area contributed by atoms with Crippen molar-refractivity contribution < 1.29 is 9.47 Å². The molecule has 0 aromatic heterocycles. The number of rotatable bonds is 7. The molecule has 0 aliphatic heterocycles. The molecule has 4 nitrogen and oxygen atoms in total. The monoisotopic (exact) mass is 252 g/mol. The molecule has 1 aromatic rings. The van der Waals surface area contributed by atoms with Crippen LogP contribution in [0.15, 0.2) is 24.3 Å². The Morgan fingerprint density at radius 1 is 1.39 bits per heavy atom. The molecule has 0 amide bonds. The van der Waals surface area contributed by atoms with Gasteiger partial charge in [0.25, 0.3) is 0 Å². The van der Waals surface area contributed by atoms with Gasteiger partial charge in [0.05, 0.1) is 18.2 Å². The molecule has 0 fully saturated rings. The Balaban J connectivity index is 3.04. The van der Waals surface area contributed by atoms with Gasteiger partial charge in [-0.05, 0) is 38.0 Å². The summed E-state index contributed by atoms with van der Waals surface area (Å²) in [5.41, 5.74) is 3.57. The lowest BCUT2D eigenvalue weighted by atomic mass is 9.88. The van der Waals surface area contributed by atoms with E-state index in [4.69, 9.17) is 15.3 Å². The number of benzene rings is 1. The Bertz CT molecular complexity index is 365. The van der Waals surface area contributed by atoms with Gasteiger partial charge in [-0.3, -0.25) is 11.3 Å². The number of methoxy groups -OCH3 is 1. The van der Waals surface area contributed by atoms with Crippen molar-refractivity contribution in [3.63, 3.8) is 0 Å². The van der Waals surface area contributed by atoms with Crippen molar-refractivity contribution in [1.82, 2.24) is 5.43 Å². The first-order chi connectivity index (χ1) is 8.61. The first-order valence-electron chi connectivity index (χ1n) is 6.35. The quantitative estimate of drug-likeness (QED) is 0.578. The van der Waals surface area contributed by atoms with Crippen molar-refractivity contribution in [2.45, 2.75) is 38.8 Å². The number of ether oxygens (including phenoxy) is 2. The average Bonchev–Trinajstić information content (AvgIpc) is 2.40. The van der Waals surface area contributed by atoms with Gasteiger partial charge in [-0.1, -0.05) is 19.1 Å². The standard InChI is InChI=1S/C14H24N2O2/c1-5-14(3,17-4)13(16-15)11-8-7-9-12(10-11)18-6-2/h7-10,13,16H,5-6,15H2,1-4H3. The Morgan fingerprint density at radius 2 is 2.11 bits per heavy atom. The van der Waals surface area contributed by atoms with E-state index in [0.29, 0.717) is 6.61 Å². The van der Waals surface area contributed by atoms with Crippen LogP contribution in [0.2, 0.25) is 0 Å². The number of nitrogens with one attached hydrogen (secondary N) is 1. The molecule has 1 rings (SSSR count). The normalized spacial score (nSPS) is 16.1. The van der Waals surface area contributed by atoms with Gasteiger partial charge in [0.1, 0.15) is 5.75 Å². The third kappa shape index (κ3) is 3.22. The maximum Gasteiger partial charge on any atom is 0.119 e. The fraction of sp³-hybridized carbons (Fsp3) is 0.571. The van der Waals surface area contributed by atoms with Gasteiger partial charge in [-0.25, -0.2) is 0 Å². The molecule has 102 valence electrons. The summed E-state index contributed by atoms with van der Waals surface area (Å²) in [6.45, 7) is 6.75. The molecule has 0 radical (unpaired) electrons. The highest BCUT2D eigenvalue weighted by Crippen LogP contribution is 2.32. The second-order valence-electron chi connectivity index (χ2n) is 4.48. The van der Waals surface area contributed by atoms with Crippen molar-refractivity contribution in [3.8, 4) is 5.75 Å². The summed E-state index contributed by atoms with van der Waals surface area (Å²) in [6.07, 6.45) is 0.858. The van der Waals surface area contributed by atoms with Crippen molar-refractivity contribution in [2.24, 2.45) is 5.84 Å². The SMILES string of the molecule is CCOc1cccc(C(NN)C(C)(CC)OC)c1. The predicted molar refractivity (Wildman–Crippen MR) is 73.4 cm³/mol. The Hall–Kier alpha value is -1.10. The summed E-state index contributed by atoms with van der Waals surface area (Å²) in [6, 6.07) is 7.86. The van der Waals surface area contributed by atoms with Gasteiger partial charge in [0, 0.05) is 7.11 Å². The lowest BCUT2D eigenvalue weighted by Crippen LogP contribution is -2.45. The van der Waals surface area contributed by atoms with E-state index in [9.17, 15) is 0 Å². The van der Waals surface area contributed by atoms with E-state index in [2.05, 4.69) is 12.3 Å². The van der Waals surface area contributed by atoms with Crippen LogP contribution in [0.25, 0.3) is 0 Å². The predicted octanol–water partition coefficient (Wildman–Crippen LogP) is 2.40. The highest BCUT2D eigenvalue weighted by atomic mass is 16.5. The van der Waals surface area contributed by atoms with Gasteiger partial charge in [-0.15, -0.1) is 0 Å². The zero-order chi connectivity index (χ0) is 13.6. The molecule has 0 saturated carbocycles. The summed E-state index contributed by atoms with van der Waals surface area (Å²) in [5, 5.41) is 0. The van der Waals surface area contributed by atoms with Gasteiger partial charge in [-0.2, -0.15) is 0 Å². The molecule has 0 saturated heterocycles. The molecule has 3 N–H and O–H groups in total. The van der Waals surface area contributed by atoms with Crippen LogP contribution in [0.5, 0.6) is 5.75 Å². The van der Waals surface area contributed by atoms with Crippen LogP contribution in [-0.2, 0) is 4.74 Å². The topological polar surface area (TPSA) is 56.5 Å². The van der Waals surface area contributed by atoms with Crippen LogP contribution >= 0.6 is 0 Å². The van der Waals surface area contributed by atoms with Crippen LogP contribution in [0.4, 0.5) is 0 Å². The molecular formula is C14H24N2O2. The van der Waals surface area contributed by atoms with E-state index in [1.807, 2.05) is 38.1 Å². The molecule has 0 aliphatic carbocycles. The maximum atomic E-state index is 5.70. The molecule has 4 heteroatoms. The number of hydrazine groups is 1. The summed E-state index contributed by atoms with van der Waals surface area (Å²) < 4.78 is 11.1. The van der Waals surface area contributed by atoms with Crippen LogP contribution in [0, 0.1) is 0 Å². The fourth-order valence-corrected chi connectivity index (χ4v) is 2.04. The third-order valence-corrected chi connectivity index (χ3v) is 3.45. The zero-order valence-corrected chi connectivity index (χ0v) is 11.7. The molecular weight excluding hydrogens is 228 g/mol. The molecule has 2 unspecified atom stereocenters. The van der Waals surface area contributed by atoms with Gasteiger partial charge >= 0.3 is 0 Å². The highest BCUT2D eigenvalue weighted by Gasteiger charge is 2.33. The molecule has 0 aliphatic rings. The lowest BCUT2D eigenvalue weighted by molar-refractivity contribution is -0.0300. The van der Waals surface area contributed by atoms with E-state index < -0.39 is 0 Å². The third-order valence-electron chi connectivity index (χ3n) is 3.45. The minimum absolute atomic E-state index is 0.0760. The van der Waals surface area contributed by atoms with E-state index in [1.54, 1.807) is 7.11 Å². The van der Waals surface area contributed by atoms with Crippen molar-refractivity contribution in [2.75, 3.05) is 13.7 Å². The highest BCUT2D eigenvalue weighted by molar-refractivity contribution is 5.32. The van der Waals surface area contributed by atoms with E-state index in [-0.39, 0.29) is 11.6 Å². The molecule has 18 heavy (non-hydrogen) atoms. The van der Waals surface area contributed by atoms with Crippen LogP contribution in [0.3, 0.4) is 0 Å².